The van der Waals surface area contributed by atoms with E-state index in [0.717, 1.165) is 23.3 Å². The van der Waals surface area contributed by atoms with E-state index in [1.807, 2.05) is 68.4 Å². The fourth-order valence-electron chi connectivity index (χ4n) is 3.73. The second-order valence-corrected chi connectivity index (χ2v) is 6.79. The Labute approximate surface area is 159 Å². The highest BCUT2D eigenvalue weighted by molar-refractivity contribution is 5.95. The van der Waals surface area contributed by atoms with E-state index in [4.69, 9.17) is 9.47 Å². The molecule has 1 aliphatic heterocycles. The van der Waals surface area contributed by atoms with Gasteiger partial charge in [0.1, 0.15) is 18.4 Å². The van der Waals surface area contributed by atoms with Crippen LogP contribution < -0.4 is 4.74 Å². The van der Waals surface area contributed by atoms with Crippen LogP contribution >= 0.6 is 0 Å². The summed E-state index contributed by atoms with van der Waals surface area (Å²) in [7, 11) is 1.62. The highest BCUT2D eigenvalue weighted by Crippen LogP contribution is 2.35. The summed E-state index contributed by atoms with van der Waals surface area (Å²) in [6.45, 7) is 4.12. The van der Waals surface area contributed by atoms with Crippen LogP contribution in [0.25, 0.3) is 0 Å². The summed E-state index contributed by atoms with van der Waals surface area (Å²) in [6, 6.07) is 16.9. The van der Waals surface area contributed by atoms with E-state index in [9.17, 15) is 9.59 Å². The van der Waals surface area contributed by atoms with E-state index >= 15 is 0 Å². The molecule has 0 aliphatic carbocycles. The third-order valence-electron chi connectivity index (χ3n) is 5.25. The van der Waals surface area contributed by atoms with Crippen LogP contribution in [-0.4, -0.2) is 30.6 Å². The molecule has 3 atom stereocenters. The largest absolute Gasteiger partial charge is 0.497 e. The van der Waals surface area contributed by atoms with Crippen LogP contribution in [0.4, 0.5) is 4.79 Å². The van der Waals surface area contributed by atoms with Crippen molar-refractivity contribution in [2.45, 2.75) is 32.2 Å². The second-order valence-electron chi connectivity index (χ2n) is 6.79. The molecule has 0 saturated carbocycles. The molecule has 142 valence electrons. The average Bonchev–Trinajstić information content (AvgIpc) is 3.10. The first kappa shape index (κ1) is 19.0. The Bertz CT molecular complexity index is 805. The molecule has 3 rings (SSSR count). The molecule has 5 heteroatoms. The van der Waals surface area contributed by atoms with Crippen LogP contribution in [0, 0.1) is 5.92 Å². The zero-order chi connectivity index (χ0) is 19.4. The van der Waals surface area contributed by atoms with Gasteiger partial charge in [-0.15, -0.1) is 0 Å². The Hall–Kier alpha value is -2.82. The molecular weight excluding hydrogens is 342 g/mol. The maximum absolute atomic E-state index is 13.3. The molecule has 0 radical (unpaired) electrons. The number of hydrogen-bond acceptors (Lipinski definition) is 4. The predicted octanol–water partition coefficient (Wildman–Crippen LogP) is 4.55. The number of cyclic esters (lactones) is 1. The fourth-order valence-corrected chi connectivity index (χ4v) is 3.73. The number of ether oxygens (including phenoxy) is 2. The van der Waals surface area contributed by atoms with Gasteiger partial charge in [0.15, 0.2) is 0 Å². The highest BCUT2D eigenvalue weighted by atomic mass is 16.6. The first-order valence-electron chi connectivity index (χ1n) is 9.25. The van der Waals surface area contributed by atoms with Gasteiger partial charge in [0, 0.05) is 5.92 Å². The van der Waals surface area contributed by atoms with Gasteiger partial charge in [0.05, 0.1) is 7.11 Å². The lowest BCUT2D eigenvalue weighted by atomic mass is 9.84. The molecule has 1 heterocycles. The van der Waals surface area contributed by atoms with Crippen molar-refractivity contribution in [3.05, 3.63) is 65.7 Å². The first-order valence-corrected chi connectivity index (χ1v) is 9.25. The Morgan fingerprint density at radius 3 is 2.63 bits per heavy atom. The van der Waals surface area contributed by atoms with Crippen molar-refractivity contribution in [1.82, 2.24) is 4.90 Å². The molecule has 0 spiro atoms. The molecule has 5 nitrogen and oxygen atoms in total. The standard InChI is InChI=1S/C22H25NO4/c1-4-19(17-11-8-12-18(13-17)26-3)15(2)21(24)23-20(14-27-22(23)25)16-9-6-5-7-10-16/h5-13,15,19-20H,4,14H2,1-3H3/t15-,19-,20+/m1/s1. The zero-order valence-electron chi connectivity index (χ0n) is 15.9. The van der Waals surface area contributed by atoms with Crippen molar-refractivity contribution >= 4 is 12.0 Å². The van der Waals surface area contributed by atoms with Crippen LogP contribution in [0.5, 0.6) is 5.75 Å². The minimum atomic E-state index is -0.568. The molecule has 2 aromatic carbocycles. The summed E-state index contributed by atoms with van der Waals surface area (Å²) in [5.74, 6) is 0.172. The molecule has 0 unspecified atom stereocenters. The average molecular weight is 367 g/mol. The minimum absolute atomic E-state index is 0.0163. The lowest BCUT2D eigenvalue weighted by Gasteiger charge is -2.28. The molecule has 2 aromatic rings. The van der Waals surface area contributed by atoms with E-state index in [0.29, 0.717) is 0 Å². The number of imide groups is 1. The number of hydrogen-bond donors (Lipinski definition) is 0. The quantitative estimate of drug-likeness (QED) is 0.752. The van der Waals surface area contributed by atoms with Crippen molar-refractivity contribution in [1.29, 1.82) is 0 Å². The lowest BCUT2D eigenvalue weighted by molar-refractivity contribution is -0.133. The number of carbonyl (C=O) groups is 2. The van der Waals surface area contributed by atoms with Crippen molar-refractivity contribution in [2.75, 3.05) is 13.7 Å². The van der Waals surface area contributed by atoms with Gasteiger partial charge in [-0.1, -0.05) is 56.3 Å². The third kappa shape index (κ3) is 3.82. The van der Waals surface area contributed by atoms with E-state index in [1.165, 1.54) is 4.90 Å². The van der Waals surface area contributed by atoms with Gasteiger partial charge in [-0.3, -0.25) is 4.79 Å². The summed E-state index contributed by atoms with van der Waals surface area (Å²) in [4.78, 5) is 26.9. The molecule has 1 saturated heterocycles. The summed E-state index contributed by atoms with van der Waals surface area (Å²) in [5.41, 5.74) is 1.93. The van der Waals surface area contributed by atoms with Gasteiger partial charge < -0.3 is 9.47 Å². The van der Waals surface area contributed by atoms with E-state index in [1.54, 1.807) is 7.11 Å². The van der Waals surface area contributed by atoms with E-state index in [2.05, 4.69) is 0 Å². The van der Waals surface area contributed by atoms with Crippen LogP contribution in [0.2, 0.25) is 0 Å². The van der Waals surface area contributed by atoms with E-state index in [-0.39, 0.29) is 30.4 Å². The Morgan fingerprint density at radius 1 is 1.22 bits per heavy atom. The number of benzene rings is 2. The Balaban J connectivity index is 1.86. The number of methoxy groups -OCH3 is 1. The molecule has 0 bridgehead atoms. The molecule has 1 fully saturated rings. The van der Waals surface area contributed by atoms with Gasteiger partial charge in [0.2, 0.25) is 5.91 Å². The van der Waals surface area contributed by atoms with Crippen LogP contribution in [0.15, 0.2) is 54.6 Å². The van der Waals surface area contributed by atoms with E-state index < -0.39 is 6.09 Å². The second kappa shape index (κ2) is 8.25. The van der Waals surface area contributed by atoms with Crippen molar-refractivity contribution in [3.8, 4) is 5.75 Å². The zero-order valence-corrected chi connectivity index (χ0v) is 15.9. The third-order valence-corrected chi connectivity index (χ3v) is 5.25. The smallest absolute Gasteiger partial charge is 0.417 e. The molecule has 0 N–H and O–H groups in total. The van der Waals surface area contributed by atoms with Crippen LogP contribution in [0.1, 0.15) is 43.4 Å². The first-order chi connectivity index (χ1) is 13.1. The molecular formula is C22H25NO4. The van der Waals surface area contributed by atoms with Gasteiger partial charge in [-0.25, -0.2) is 9.69 Å². The minimum Gasteiger partial charge on any atom is -0.497 e. The topological polar surface area (TPSA) is 55.8 Å². The van der Waals surface area contributed by atoms with Gasteiger partial charge >= 0.3 is 6.09 Å². The molecule has 27 heavy (non-hydrogen) atoms. The Kier molecular flexibility index (Phi) is 5.79. The van der Waals surface area contributed by atoms with Gasteiger partial charge in [0.25, 0.3) is 0 Å². The summed E-state index contributed by atoms with van der Waals surface area (Å²) in [5, 5.41) is 0. The number of nitrogens with zero attached hydrogens (tertiary/aromatic N) is 1. The van der Waals surface area contributed by atoms with Crippen molar-refractivity contribution in [3.63, 3.8) is 0 Å². The molecule has 1 aliphatic rings. The SMILES string of the molecule is CC[C@@H](c1cccc(OC)c1)[C@@H](C)C(=O)N1C(=O)OC[C@H]1c1ccccc1. The highest BCUT2D eigenvalue weighted by Gasteiger charge is 2.42. The van der Waals surface area contributed by atoms with Crippen molar-refractivity contribution < 1.29 is 19.1 Å². The van der Waals surface area contributed by atoms with Gasteiger partial charge in [-0.2, -0.15) is 0 Å². The maximum Gasteiger partial charge on any atom is 0.417 e. The summed E-state index contributed by atoms with van der Waals surface area (Å²) < 4.78 is 10.5. The normalized spacial score (nSPS) is 18.7. The number of carbonyl (C=O) groups excluding carboxylic acids is 2. The maximum atomic E-state index is 13.3. The summed E-state index contributed by atoms with van der Waals surface area (Å²) >= 11 is 0. The number of amides is 2. The summed E-state index contributed by atoms with van der Waals surface area (Å²) in [6.07, 6.45) is 0.208. The van der Waals surface area contributed by atoms with Gasteiger partial charge in [-0.05, 0) is 35.6 Å². The Morgan fingerprint density at radius 2 is 1.96 bits per heavy atom. The van der Waals surface area contributed by atoms with Crippen LogP contribution in [-0.2, 0) is 9.53 Å². The fraction of sp³-hybridized carbons (Fsp3) is 0.364. The predicted molar refractivity (Wildman–Crippen MR) is 103 cm³/mol. The molecule has 2 amide bonds. The molecule has 0 aromatic heterocycles. The number of rotatable bonds is 6. The van der Waals surface area contributed by atoms with Crippen LogP contribution in [0.3, 0.4) is 0 Å². The lowest BCUT2D eigenvalue weighted by Crippen LogP contribution is -2.39. The van der Waals surface area contributed by atoms with Crippen molar-refractivity contribution in [2.24, 2.45) is 5.92 Å². The monoisotopic (exact) mass is 367 g/mol.